The summed E-state index contributed by atoms with van der Waals surface area (Å²) >= 11 is 0. The number of rotatable bonds is 5. The Morgan fingerprint density at radius 1 is 1.35 bits per heavy atom. The summed E-state index contributed by atoms with van der Waals surface area (Å²) in [4.78, 5) is 11.8. The minimum Gasteiger partial charge on any atom is -0.383 e. The van der Waals surface area contributed by atoms with E-state index in [1.54, 1.807) is 7.11 Å². The first-order chi connectivity index (χ1) is 11.2. The summed E-state index contributed by atoms with van der Waals surface area (Å²) in [6, 6.07) is 6.36. The lowest BCUT2D eigenvalue weighted by atomic mass is 9.94. The second-order valence-corrected chi connectivity index (χ2v) is 6.33. The third-order valence-corrected chi connectivity index (χ3v) is 4.79. The molecule has 0 aromatic carbocycles. The Labute approximate surface area is 138 Å². The molecule has 23 heavy (non-hydrogen) atoms. The van der Waals surface area contributed by atoms with E-state index in [4.69, 9.17) is 9.72 Å². The van der Waals surface area contributed by atoms with Crippen molar-refractivity contribution in [3.8, 4) is 11.4 Å². The van der Waals surface area contributed by atoms with Crippen molar-refractivity contribution in [3.05, 3.63) is 35.9 Å². The van der Waals surface area contributed by atoms with Crippen LogP contribution < -0.4 is 0 Å². The lowest BCUT2D eigenvalue weighted by Crippen LogP contribution is -2.36. The van der Waals surface area contributed by atoms with E-state index in [0.29, 0.717) is 5.92 Å². The van der Waals surface area contributed by atoms with E-state index in [0.717, 1.165) is 36.9 Å². The first kappa shape index (κ1) is 16.1. The Kier molecular flexibility index (Phi) is 5.08. The molecule has 5 nitrogen and oxygen atoms in total. The van der Waals surface area contributed by atoms with Crippen LogP contribution in [-0.4, -0.2) is 52.8 Å². The summed E-state index contributed by atoms with van der Waals surface area (Å²) in [5.41, 5.74) is 3.29. The molecule has 1 aliphatic rings. The molecule has 1 saturated heterocycles. The highest BCUT2D eigenvalue weighted by atomic mass is 16.5. The van der Waals surface area contributed by atoms with E-state index < -0.39 is 0 Å². The van der Waals surface area contributed by atoms with Crippen LogP contribution >= 0.6 is 0 Å². The van der Waals surface area contributed by atoms with Gasteiger partial charge in [0.2, 0.25) is 0 Å². The van der Waals surface area contributed by atoms with Gasteiger partial charge in [-0.2, -0.15) is 0 Å². The lowest BCUT2D eigenvalue weighted by molar-refractivity contribution is 0.127. The zero-order valence-electron chi connectivity index (χ0n) is 14.3. The van der Waals surface area contributed by atoms with Gasteiger partial charge >= 0.3 is 0 Å². The summed E-state index contributed by atoms with van der Waals surface area (Å²) in [5.74, 6) is 1.52. The molecule has 1 atom stereocenters. The molecule has 0 bridgehead atoms. The maximum absolute atomic E-state index is 5.21. The van der Waals surface area contributed by atoms with Gasteiger partial charge in [-0.05, 0) is 38.4 Å². The Balaban J connectivity index is 1.78. The van der Waals surface area contributed by atoms with Crippen LogP contribution in [0.25, 0.3) is 11.4 Å². The van der Waals surface area contributed by atoms with Gasteiger partial charge in [0, 0.05) is 38.9 Å². The van der Waals surface area contributed by atoms with Crippen LogP contribution in [-0.2, 0) is 11.8 Å². The predicted molar refractivity (Wildman–Crippen MR) is 91.5 cm³/mol. The average Bonchev–Trinajstić information content (AvgIpc) is 2.93. The second kappa shape index (κ2) is 7.23. The zero-order valence-corrected chi connectivity index (χ0v) is 14.3. The van der Waals surface area contributed by atoms with Crippen LogP contribution in [0.15, 0.2) is 24.4 Å². The largest absolute Gasteiger partial charge is 0.383 e. The quantitative estimate of drug-likeness (QED) is 0.851. The number of aryl methyl sites for hydroxylation is 1. The van der Waals surface area contributed by atoms with Crippen molar-refractivity contribution < 1.29 is 4.74 Å². The smallest absolute Gasteiger partial charge is 0.105 e. The molecule has 3 rings (SSSR count). The van der Waals surface area contributed by atoms with Gasteiger partial charge in [0.15, 0.2) is 0 Å². The third kappa shape index (κ3) is 3.62. The molecule has 2 aromatic heterocycles. The summed E-state index contributed by atoms with van der Waals surface area (Å²) in [7, 11) is 3.81. The molecule has 1 aliphatic heterocycles. The van der Waals surface area contributed by atoms with Gasteiger partial charge in [0.25, 0.3) is 0 Å². The maximum Gasteiger partial charge on any atom is 0.105 e. The molecule has 3 heterocycles. The van der Waals surface area contributed by atoms with Crippen molar-refractivity contribution in [2.24, 2.45) is 7.05 Å². The van der Waals surface area contributed by atoms with Crippen LogP contribution in [0.5, 0.6) is 0 Å². The number of hydrogen-bond acceptors (Lipinski definition) is 4. The molecule has 1 fully saturated rings. The van der Waals surface area contributed by atoms with Gasteiger partial charge in [-0.25, -0.2) is 4.98 Å². The van der Waals surface area contributed by atoms with Crippen LogP contribution in [0.2, 0.25) is 0 Å². The Bertz CT molecular complexity index is 652. The van der Waals surface area contributed by atoms with Crippen molar-refractivity contribution in [3.63, 3.8) is 0 Å². The molecule has 0 unspecified atom stereocenters. The summed E-state index contributed by atoms with van der Waals surface area (Å²) in [5, 5.41) is 0. The molecular weight excluding hydrogens is 288 g/mol. The SMILES string of the molecule is COCCN1CCC[C@@H](c2cccc(-c3cnc(C)n3C)n2)C1. The monoisotopic (exact) mass is 314 g/mol. The molecule has 124 valence electrons. The molecule has 0 aliphatic carbocycles. The van der Waals surface area contributed by atoms with Gasteiger partial charge in [-0.3, -0.25) is 4.98 Å². The van der Waals surface area contributed by atoms with Crippen LogP contribution in [0.1, 0.15) is 30.3 Å². The van der Waals surface area contributed by atoms with Gasteiger partial charge < -0.3 is 14.2 Å². The second-order valence-electron chi connectivity index (χ2n) is 6.33. The fraction of sp³-hybridized carbons (Fsp3) is 0.556. The van der Waals surface area contributed by atoms with Crippen molar-refractivity contribution in [1.29, 1.82) is 0 Å². The number of imidazole rings is 1. The van der Waals surface area contributed by atoms with Crippen molar-refractivity contribution >= 4 is 0 Å². The fourth-order valence-corrected chi connectivity index (χ4v) is 3.28. The number of aromatic nitrogens is 3. The summed E-state index contributed by atoms with van der Waals surface area (Å²) < 4.78 is 7.31. The first-order valence-corrected chi connectivity index (χ1v) is 8.36. The number of ether oxygens (including phenoxy) is 1. The average molecular weight is 314 g/mol. The third-order valence-electron chi connectivity index (χ3n) is 4.79. The van der Waals surface area contributed by atoms with Crippen LogP contribution in [0, 0.1) is 6.92 Å². The van der Waals surface area contributed by atoms with Crippen molar-refractivity contribution in [1.82, 2.24) is 19.4 Å². The number of hydrogen-bond donors (Lipinski definition) is 0. The number of nitrogens with zero attached hydrogens (tertiary/aromatic N) is 4. The predicted octanol–water partition coefficient (Wildman–Crippen LogP) is 2.62. The molecule has 5 heteroatoms. The number of likely N-dealkylation sites (tertiary alicyclic amines) is 1. The zero-order chi connectivity index (χ0) is 16.2. The highest BCUT2D eigenvalue weighted by Crippen LogP contribution is 2.27. The highest BCUT2D eigenvalue weighted by molar-refractivity contribution is 5.54. The standard InChI is InChI=1S/C18H26N4O/c1-14-19-12-18(21(14)2)17-8-4-7-16(20-17)15-6-5-9-22(13-15)10-11-23-3/h4,7-8,12,15H,5-6,9-11,13H2,1-3H3/t15-/m1/s1. The maximum atomic E-state index is 5.21. The molecular formula is C18H26N4O. The van der Waals surface area contributed by atoms with E-state index in [1.807, 2.05) is 20.2 Å². The van der Waals surface area contributed by atoms with E-state index in [-0.39, 0.29) is 0 Å². The molecule has 0 radical (unpaired) electrons. The van der Waals surface area contributed by atoms with Crippen LogP contribution in [0.3, 0.4) is 0 Å². The summed E-state index contributed by atoms with van der Waals surface area (Å²) in [6.07, 6.45) is 4.35. The molecule has 0 amide bonds. The Hall–Kier alpha value is -1.72. The van der Waals surface area contributed by atoms with Gasteiger partial charge in [0.05, 0.1) is 24.2 Å². The van der Waals surface area contributed by atoms with E-state index >= 15 is 0 Å². The number of methoxy groups -OCH3 is 1. The minimum atomic E-state index is 0.509. The minimum absolute atomic E-state index is 0.509. The lowest BCUT2D eigenvalue weighted by Gasteiger charge is -2.32. The number of pyridine rings is 1. The van der Waals surface area contributed by atoms with E-state index in [1.165, 1.54) is 25.1 Å². The first-order valence-electron chi connectivity index (χ1n) is 8.36. The van der Waals surface area contributed by atoms with Gasteiger partial charge in [0.1, 0.15) is 5.82 Å². The van der Waals surface area contributed by atoms with Gasteiger partial charge in [-0.15, -0.1) is 0 Å². The molecule has 0 spiro atoms. The van der Waals surface area contributed by atoms with Crippen molar-refractivity contribution in [2.45, 2.75) is 25.7 Å². The van der Waals surface area contributed by atoms with Gasteiger partial charge in [-0.1, -0.05) is 6.07 Å². The topological polar surface area (TPSA) is 43.2 Å². The Morgan fingerprint density at radius 2 is 2.22 bits per heavy atom. The van der Waals surface area contributed by atoms with Crippen LogP contribution in [0.4, 0.5) is 0 Å². The van der Waals surface area contributed by atoms with E-state index in [9.17, 15) is 0 Å². The highest BCUT2D eigenvalue weighted by Gasteiger charge is 2.22. The summed E-state index contributed by atoms with van der Waals surface area (Å²) in [6.45, 7) is 6.06. The molecule has 0 saturated carbocycles. The molecule has 2 aromatic rings. The number of piperidine rings is 1. The van der Waals surface area contributed by atoms with E-state index in [2.05, 4.69) is 32.7 Å². The molecule has 0 N–H and O–H groups in total. The van der Waals surface area contributed by atoms with Crippen molar-refractivity contribution in [2.75, 3.05) is 33.4 Å². The normalized spacial score (nSPS) is 19.2. The Morgan fingerprint density at radius 3 is 2.96 bits per heavy atom. The fourth-order valence-electron chi connectivity index (χ4n) is 3.28.